The second kappa shape index (κ2) is 8.15. The van der Waals surface area contributed by atoms with Crippen molar-refractivity contribution in [1.82, 2.24) is 20.2 Å². The Hall–Kier alpha value is -3.22. The number of fused-ring (bicyclic) bond motifs is 1. The van der Waals surface area contributed by atoms with Gasteiger partial charge in [0.15, 0.2) is 17.1 Å². The normalized spacial score (nSPS) is 20.7. The van der Waals surface area contributed by atoms with Crippen LogP contribution in [-0.4, -0.2) is 58.3 Å². The minimum absolute atomic E-state index is 0. The Kier molecular flexibility index (Phi) is 5.25. The zero-order valence-electron chi connectivity index (χ0n) is 19.5. The third-order valence-electron chi connectivity index (χ3n) is 6.74. The standard InChI is InChI=1S/C23H24F4N8S.2H2/c1-12-7-18(33-32-12)29-17-9-19(35-10-22(24,11-35)13-3-4-13)31-21(30-17)36-14-5-6-15-16(8-14)34(2)20(28-15)23(25,26)27;;/h5-9,13,20,28H,3-4,10-11H2,1-2H3,(H2,29,30,31,32,33);2*1H. The third-order valence-corrected chi connectivity index (χ3v) is 7.60. The van der Waals surface area contributed by atoms with Crippen LogP contribution >= 0.6 is 11.8 Å². The van der Waals surface area contributed by atoms with E-state index in [-0.39, 0.29) is 21.9 Å². The topological polar surface area (TPSA) is 85.0 Å². The van der Waals surface area contributed by atoms with E-state index in [1.807, 2.05) is 17.9 Å². The van der Waals surface area contributed by atoms with E-state index in [1.165, 1.54) is 23.7 Å². The van der Waals surface area contributed by atoms with Crippen LogP contribution in [0.5, 0.6) is 0 Å². The Morgan fingerprint density at radius 3 is 2.58 bits per heavy atom. The summed E-state index contributed by atoms with van der Waals surface area (Å²) in [5.74, 6) is 1.80. The summed E-state index contributed by atoms with van der Waals surface area (Å²) in [5, 5.41) is 13.1. The molecule has 1 aliphatic carbocycles. The van der Waals surface area contributed by atoms with E-state index >= 15 is 0 Å². The molecule has 2 fully saturated rings. The molecule has 1 atom stereocenters. The van der Waals surface area contributed by atoms with Gasteiger partial charge in [-0.3, -0.25) is 5.10 Å². The maximum Gasteiger partial charge on any atom is 0.427 e. The number of anilines is 5. The van der Waals surface area contributed by atoms with E-state index in [2.05, 4.69) is 30.8 Å². The fourth-order valence-corrected chi connectivity index (χ4v) is 5.49. The maximum absolute atomic E-state index is 15.0. The van der Waals surface area contributed by atoms with E-state index in [1.54, 1.807) is 24.3 Å². The van der Waals surface area contributed by atoms with Gasteiger partial charge in [-0.15, -0.1) is 0 Å². The Morgan fingerprint density at radius 1 is 1.14 bits per heavy atom. The van der Waals surface area contributed by atoms with Crippen LogP contribution in [0.3, 0.4) is 0 Å². The molecule has 13 heteroatoms. The summed E-state index contributed by atoms with van der Waals surface area (Å²) in [6.45, 7) is 2.45. The molecule has 1 aromatic carbocycles. The number of aromatic amines is 1. The zero-order valence-corrected chi connectivity index (χ0v) is 20.3. The number of halogens is 4. The van der Waals surface area contributed by atoms with Gasteiger partial charge in [0.25, 0.3) is 0 Å². The highest BCUT2D eigenvalue weighted by Crippen LogP contribution is 2.48. The molecule has 3 N–H and O–H groups in total. The minimum Gasteiger partial charge on any atom is -0.356 e. The lowest BCUT2D eigenvalue weighted by Gasteiger charge is -2.45. The summed E-state index contributed by atoms with van der Waals surface area (Å²) in [7, 11) is 1.41. The molecule has 3 aromatic rings. The van der Waals surface area contributed by atoms with Gasteiger partial charge in [0, 0.05) is 32.6 Å². The first kappa shape index (κ1) is 23.2. The van der Waals surface area contributed by atoms with Gasteiger partial charge in [0.05, 0.1) is 24.5 Å². The van der Waals surface area contributed by atoms with Crippen molar-refractivity contribution in [3.8, 4) is 0 Å². The molecule has 1 saturated heterocycles. The van der Waals surface area contributed by atoms with Gasteiger partial charge in [0.2, 0.25) is 0 Å². The van der Waals surface area contributed by atoms with Crippen LogP contribution in [0.2, 0.25) is 0 Å². The molecule has 8 nitrogen and oxygen atoms in total. The molecule has 2 aliphatic heterocycles. The molecule has 4 heterocycles. The number of alkyl halides is 4. The average molecular weight is 525 g/mol. The molecule has 6 rings (SSSR count). The van der Waals surface area contributed by atoms with Crippen molar-refractivity contribution in [1.29, 1.82) is 0 Å². The van der Waals surface area contributed by atoms with Crippen molar-refractivity contribution in [2.45, 2.75) is 47.8 Å². The second-order valence-corrected chi connectivity index (χ2v) is 10.6. The molecule has 0 radical (unpaired) electrons. The lowest BCUT2D eigenvalue weighted by Crippen LogP contribution is -2.60. The molecular weight excluding hydrogens is 496 g/mol. The molecular formula is C23H28F4N8S. The van der Waals surface area contributed by atoms with Crippen molar-refractivity contribution in [3.05, 3.63) is 36.0 Å². The molecule has 1 saturated carbocycles. The number of aryl methyl sites for hydroxylation is 1. The molecule has 194 valence electrons. The van der Waals surface area contributed by atoms with Gasteiger partial charge in [-0.1, -0.05) is 0 Å². The number of hydrogen-bond donors (Lipinski definition) is 3. The highest BCUT2D eigenvalue weighted by atomic mass is 32.2. The Morgan fingerprint density at radius 2 is 1.92 bits per heavy atom. The van der Waals surface area contributed by atoms with Crippen molar-refractivity contribution in [2.75, 3.05) is 40.6 Å². The fraction of sp³-hybridized carbons (Fsp3) is 0.435. The van der Waals surface area contributed by atoms with Crippen molar-refractivity contribution < 1.29 is 20.4 Å². The van der Waals surface area contributed by atoms with Crippen LogP contribution in [0.4, 0.5) is 46.4 Å². The van der Waals surface area contributed by atoms with Gasteiger partial charge in [-0.05, 0) is 55.6 Å². The summed E-state index contributed by atoms with van der Waals surface area (Å²) in [5.41, 5.74) is 0.564. The molecule has 2 aromatic heterocycles. The van der Waals surface area contributed by atoms with Crippen LogP contribution in [0.1, 0.15) is 21.4 Å². The van der Waals surface area contributed by atoms with Crippen LogP contribution in [-0.2, 0) is 0 Å². The predicted molar refractivity (Wildman–Crippen MR) is 134 cm³/mol. The average Bonchev–Trinajstić information content (AvgIpc) is 3.49. The minimum atomic E-state index is -4.41. The van der Waals surface area contributed by atoms with Crippen molar-refractivity contribution >= 4 is 40.6 Å². The summed E-state index contributed by atoms with van der Waals surface area (Å²) in [4.78, 5) is 13.0. The number of benzene rings is 1. The summed E-state index contributed by atoms with van der Waals surface area (Å²) in [6, 6.07) is 8.62. The number of nitrogens with one attached hydrogen (secondary N) is 3. The maximum atomic E-state index is 15.0. The summed E-state index contributed by atoms with van der Waals surface area (Å²) >= 11 is 1.23. The summed E-state index contributed by atoms with van der Waals surface area (Å²) in [6.07, 6.45) is -4.33. The highest BCUT2D eigenvalue weighted by molar-refractivity contribution is 7.99. The third kappa shape index (κ3) is 4.29. The van der Waals surface area contributed by atoms with E-state index in [0.29, 0.717) is 38.9 Å². The van der Waals surface area contributed by atoms with Crippen LogP contribution in [0.15, 0.2) is 40.4 Å². The van der Waals surface area contributed by atoms with Gasteiger partial charge in [-0.2, -0.15) is 18.3 Å². The van der Waals surface area contributed by atoms with Crippen LogP contribution in [0.25, 0.3) is 0 Å². The highest BCUT2D eigenvalue weighted by Gasteiger charge is 2.54. The van der Waals surface area contributed by atoms with Gasteiger partial charge >= 0.3 is 6.18 Å². The Bertz CT molecular complexity index is 1310. The first-order chi connectivity index (χ1) is 17.1. The monoisotopic (exact) mass is 524 g/mol. The van der Waals surface area contributed by atoms with E-state index in [9.17, 15) is 17.6 Å². The van der Waals surface area contributed by atoms with Gasteiger partial charge < -0.3 is 20.4 Å². The van der Waals surface area contributed by atoms with Crippen molar-refractivity contribution in [3.63, 3.8) is 0 Å². The Labute approximate surface area is 211 Å². The van der Waals surface area contributed by atoms with E-state index in [0.717, 1.165) is 18.5 Å². The number of nitrogens with zero attached hydrogens (tertiary/aromatic N) is 5. The molecule has 0 spiro atoms. The molecule has 0 amide bonds. The first-order valence-electron chi connectivity index (χ1n) is 11.6. The smallest absolute Gasteiger partial charge is 0.356 e. The SMILES string of the molecule is Cc1cc(Nc2cc(N3CC(F)(C4CC4)C3)nc(Sc3ccc4c(c3)N(C)C(C(F)(F)F)N4)n2)n[nH]1.[HH].[HH]. The molecule has 1 unspecified atom stereocenters. The fourth-order valence-electron chi connectivity index (χ4n) is 4.69. The molecule has 0 bridgehead atoms. The number of hydrogen-bond acceptors (Lipinski definition) is 8. The first-order valence-corrected chi connectivity index (χ1v) is 12.4. The van der Waals surface area contributed by atoms with E-state index in [4.69, 9.17) is 0 Å². The van der Waals surface area contributed by atoms with E-state index < -0.39 is 18.0 Å². The van der Waals surface area contributed by atoms with Crippen LogP contribution < -0.4 is 20.4 Å². The Balaban J connectivity index is 0.00000168. The quantitative estimate of drug-likeness (QED) is 0.285. The number of H-pyrrole nitrogens is 1. The van der Waals surface area contributed by atoms with Gasteiger partial charge in [0.1, 0.15) is 17.3 Å². The largest absolute Gasteiger partial charge is 0.427 e. The molecule has 36 heavy (non-hydrogen) atoms. The zero-order chi connectivity index (χ0) is 25.2. The lowest BCUT2D eigenvalue weighted by molar-refractivity contribution is -0.140. The summed E-state index contributed by atoms with van der Waals surface area (Å²) < 4.78 is 55.0. The predicted octanol–water partition coefficient (Wildman–Crippen LogP) is 5.58. The number of aromatic nitrogens is 4. The molecule has 3 aliphatic rings. The van der Waals surface area contributed by atoms with Crippen LogP contribution in [0, 0.1) is 12.8 Å². The van der Waals surface area contributed by atoms with Crippen molar-refractivity contribution in [2.24, 2.45) is 5.92 Å². The second-order valence-electron chi connectivity index (χ2n) is 9.60. The lowest BCUT2D eigenvalue weighted by atomic mass is 9.91. The van der Waals surface area contributed by atoms with Gasteiger partial charge in [-0.25, -0.2) is 14.4 Å². The number of rotatable bonds is 6.